The number of carbonyl (C=O) groups is 2. The van der Waals surface area contributed by atoms with E-state index in [4.69, 9.17) is 9.47 Å². The Bertz CT molecular complexity index is 832. The summed E-state index contributed by atoms with van der Waals surface area (Å²) in [6.07, 6.45) is 5.09. The highest BCUT2D eigenvalue weighted by molar-refractivity contribution is 6.09. The molecule has 4 nitrogen and oxygen atoms in total. The molecule has 0 saturated carbocycles. The van der Waals surface area contributed by atoms with Gasteiger partial charge in [0, 0.05) is 17.5 Å². The molecule has 0 heterocycles. The zero-order valence-corrected chi connectivity index (χ0v) is 15.7. The van der Waals surface area contributed by atoms with Crippen molar-refractivity contribution in [3.8, 4) is 11.5 Å². The second kappa shape index (κ2) is 8.67. The summed E-state index contributed by atoms with van der Waals surface area (Å²) in [6.45, 7) is 0. The maximum absolute atomic E-state index is 13.0. The summed E-state index contributed by atoms with van der Waals surface area (Å²) < 4.78 is 10.3. The molecule has 0 spiro atoms. The molecule has 1 aliphatic rings. The summed E-state index contributed by atoms with van der Waals surface area (Å²) in [6, 6.07) is 14.2. The molecular weight excluding hydrogens is 340 g/mol. The van der Waals surface area contributed by atoms with E-state index in [2.05, 4.69) is 0 Å². The van der Waals surface area contributed by atoms with Crippen molar-refractivity contribution >= 4 is 11.6 Å². The Morgan fingerprint density at radius 2 is 1.44 bits per heavy atom. The monoisotopic (exact) mass is 364 g/mol. The van der Waals surface area contributed by atoms with Crippen LogP contribution in [0.5, 0.6) is 11.5 Å². The van der Waals surface area contributed by atoms with Gasteiger partial charge in [-0.05, 0) is 79.3 Å². The highest BCUT2D eigenvalue weighted by Crippen LogP contribution is 2.31. The van der Waals surface area contributed by atoms with Crippen molar-refractivity contribution in [3.63, 3.8) is 0 Å². The molecule has 140 valence electrons. The van der Waals surface area contributed by atoms with Gasteiger partial charge in [-0.2, -0.15) is 0 Å². The largest absolute Gasteiger partial charge is 0.497 e. The molecule has 1 aliphatic carbocycles. The van der Waals surface area contributed by atoms with Crippen LogP contribution in [0.4, 0.5) is 0 Å². The molecule has 0 unspecified atom stereocenters. The minimum absolute atomic E-state index is 0.00452. The quantitative estimate of drug-likeness (QED) is 0.657. The number of rotatable bonds is 7. The highest BCUT2D eigenvalue weighted by atomic mass is 16.5. The lowest BCUT2D eigenvalue weighted by atomic mass is 9.80. The van der Waals surface area contributed by atoms with Crippen molar-refractivity contribution in [2.75, 3.05) is 14.2 Å². The van der Waals surface area contributed by atoms with Crippen LogP contribution in [0.1, 0.15) is 46.4 Å². The summed E-state index contributed by atoms with van der Waals surface area (Å²) in [5, 5.41) is 0. The van der Waals surface area contributed by atoms with Crippen molar-refractivity contribution in [2.24, 2.45) is 5.92 Å². The molecule has 0 amide bonds. The summed E-state index contributed by atoms with van der Waals surface area (Å²) >= 11 is 0. The topological polar surface area (TPSA) is 52.6 Å². The summed E-state index contributed by atoms with van der Waals surface area (Å²) in [7, 11) is 3.20. The van der Waals surface area contributed by atoms with E-state index < -0.39 is 0 Å². The van der Waals surface area contributed by atoms with Gasteiger partial charge in [0.1, 0.15) is 11.5 Å². The lowest BCUT2D eigenvalue weighted by molar-refractivity contribution is 0.0953. The third-order valence-electron chi connectivity index (χ3n) is 5.02. The molecule has 0 aliphatic heterocycles. The van der Waals surface area contributed by atoms with Crippen molar-refractivity contribution in [3.05, 3.63) is 71.3 Å². The molecule has 0 fully saturated rings. The molecular formula is C23H24O4. The van der Waals surface area contributed by atoms with Gasteiger partial charge in [-0.1, -0.05) is 6.08 Å². The maximum atomic E-state index is 13.0. The van der Waals surface area contributed by atoms with E-state index in [0.29, 0.717) is 17.5 Å². The number of benzene rings is 2. The van der Waals surface area contributed by atoms with E-state index in [1.165, 1.54) is 0 Å². The average Bonchev–Trinajstić information content (AvgIpc) is 2.73. The predicted octanol–water partition coefficient (Wildman–Crippen LogP) is 4.89. The fourth-order valence-corrected chi connectivity index (χ4v) is 3.46. The van der Waals surface area contributed by atoms with Crippen LogP contribution in [0.25, 0.3) is 0 Å². The van der Waals surface area contributed by atoms with E-state index in [1.54, 1.807) is 62.8 Å². The van der Waals surface area contributed by atoms with Gasteiger partial charge >= 0.3 is 0 Å². The SMILES string of the molecule is COc1ccc(C(=O)C[C@@H]2CCCC=C2C(=O)c2ccc(OC)cc2)cc1. The first kappa shape index (κ1) is 18.9. The number of ether oxygens (including phenoxy) is 2. The Morgan fingerprint density at radius 1 is 0.889 bits per heavy atom. The molecule has 0 bridgehead atoms. The number of methoxy groups -OCH3 is 2. The second-order valence-electron chi connectivity index (χ2n) is 6.70. The first-order valence-corrected chi connectivity index (χ1v) is 9.18. The Morgan fingerprint density at radius 3 is 2.00 bits per heavy atom. The second-order valence-corrected chi connectivity index (χ2v) is 6.70. The molecule has 2 aromatic carbocycles. The first-order chi connectivity index (χ1) is 13.1. The lowest BCUT2D eigenvalue weighted by Crippen LogP contribution is -2.20. The van der Waals surface area contributed by atoms with Crippen LogP contribution in [-0.2, 0) is 0 Å². The number of Topliss-reactive ketones (excluding diaryl/α,β-unsaturated/α-hetero) is 2. The van der Waals surface area contributed by atoms with Crippen molar-refractivity contribution in [2.45, 2.75) is 25.7 Å². The van der Waals surface area contributed by atoms with E-state index in [9.17, 15) is 9.59 Å². The number of hydrogen-bond donors (Lipinski definition) is 0. The fourth-order valence-electron chi connectivity index (χ4n) is 3.46. The summed E-state index contributed by atoms with van der Waals surface area (Å²) in [5.41, 5.74) is 2.04. The predicted molar refractivity (Wildman–Crippen MR) is 105 cm³/mol. The third kappa shape index (κ3) is 4.45. The van der Waals surface area contributed by atoms with Gasteiger partial charge in [0.15, 0.2) is 11.6 Å². The Kier molecular flexibility index (Phi) is 6.07. The molecule has 27 heavy (non-hydrogen) atoms. The molecule has 2 aromatic rings. The molecule has 0 radical (unpaired) electrons. The fraction of sp³-hybridized carbons (Fsp3) is 0.304. The Hall–Kier alpha value is -2.88. The van der Waals surface area contributed by atoms with Crippen molar-refractivity contribution in [1.82, 2.24) is 0 Å². The lowest BCUT2D eigenvalue weighted by Gasteiger charge is -2.23. The van der Waals surface area contributed by atoms with Gasteiger partial charge in [0.05, 0.1) is 14.2 Å². The summed E-state index contributed by atoms with van der Waals surface area (Å²) in [5.74, 6) is 1.46. The van der Waals surface area contributed by atoms with Crippen LogP contribution in [-0.4, -0.2) is 25.8 Å². The maximum Gasteiger partial charge on any atom is 0.188 e. The zero-order chi connectivity index (χ0) is 19.2. The van der Waals surface area contributed by atoms with E-state index in [1.807, 2.05) is 6.08 Å². The van der Waals surface area contributed by atoms with Crippen LogP contribution in [0.2, 0.25) is 0 Å². The van der Waals surface area contributed by atoms with Gasteiger partial charge < -0.3 is 9.47 Å². The normalized spacial score (nSPS) is 16.4. The number of hydrogen-bond acceptors (Lipinski definition) is 4. The molecule has 0 saturated heterocycles. The van der Waals surface area contributed by atoms with Gasteiger partial charge in [-0.15, -0.1) is 0 Å². The smallest absolute Gasteiger partial charge is 0.188 e. The minimum Gasteiger partial charge on any atom is -0.497 e. The molecule has 1 atom stereocenters. The van der Waals surface area contributed by atoms with Crippen LogP contribution in [0, 0.1) is 5.92 Å². The van der Waals surface area contributed by atoms with Crippen LogP contribution in [0.3, 0.4) is 0 Å². The van der Waals surface area contributed by atoms with Gasteiger partial charge in [-0.3, -0.25) is 9.59 Å². The van der Waals surface area contributed by atoms with Crippen molar-refractivity contribution < 1.29 is 19.1 Å². The van der Waals surface area contributed by atoms with Gasteiger partial charge in [-0.25, -0.2) is 0 Å². The zero-order valence-electron chi connectivity index (χ0n) is 15.7. The Labute approximate surface area is 159 Å². The standard InChI is InChI=1S/C23H24O4/c1-26-19-11-7-16(8-12-19)22(24)15-18-5-3-4-6-21(18)23(25)17-9-13-20(27-2)14-10-17/h6-14,18H,3-5,15H2,1-2H3/t18-/m0/s1. The summed E-state index contributed by atoms with van der Waals surface area (Å²) in [4.78, 5) is 25.7. The minimum atomic E-state index is -0.0389. The highest BCUT2D eigenvalue weighted by Gasteiger charge is 2.26. The van der Waals surface area contributed by atoms with E-state index >= 15 is 0 Å². The van der Waals surface area contributed by atoms with Crippen molar-refractivity contribution in [1.29, 1.82) is 0 Å². The van der Waals surface area contributed by atoms with Gasteiger partial charge in [0.25, 0.3) is 0 Å². The first-order valence-electron chi connectivity index (χ1n) is 9.18. The molecule has 4 heteroatoms. The van der Waals surface area contributed by atoms with Crippen LogP contribution in [0.15, 0.2) is 60.2 Å². The number of carbonyl (C=O) groups excluding carboxylic acids is 2. The van der Waals surface area contributed by atoms with E-state index in [0.717, 1.165) is 36.3 Å². The average molecular weight is 364 g/mol. The number of allylic oxidation sites excluding steroid dienone is 2. The third-order valence-corrected chi connectivity index (χ3v) is 5.02. The van der Waals surface area contributed by atoms with Crippen LogP contribution >= 0.6 is 0 Å². The molecule has 3 rings (SSSR count). The number of ketones is 2. The van der Waals surface area contributed by atoms with Gasteiger partial charge in [0.2, 0.25) is 0 Å². The van der Waals surface area contributed by atoms with Crippen LogP contribution < -0.4 is 9.47 Å². The molecule has 0 N–H and O–H groups in total. The molecule has 0 aromatic heterocycles. The van der Waals surface area contributed by atoms with E-state index in [-0.39, 0.29) is 17.5 Å². The Balaban J connectivity index is 1.75.